The van der Waals surface area contributed by atoms with Gasteiger partial charge in [0.1, 0.15) is 5.82 Å². The van der Waals surface area contributed by atoms with E-state index in [1.807, 2.05) is 37.1 Å². The molecule has 18 heavy (non-hydrogen) atoms. The maximum absolute atomic E-state index is 13.4. The Labute approximate surface area is 106 Å². The van der Waals surface area contributed by atoms with Crippen LogP contribution >= 0.6 is 0 Å². The summed E-state index contributed by atoms with van der Waals surface area (Å²) in [5.74, 6) is -0.392. The van der Waals surface area contributed by atoms with Crippen molar-refractivity contribution < 1.29 is 4.39 Å². The number of nitrogen functional groups attached to an aromatic ring is 1. The molecule has 2 rings (SSSR count). The van der Waals surface area contributed by atoms with Gasteiger partial charge in [-0.1, -0.05) is 12.1 Å². The predicted octanol–water partition coefficient (Wildman–Crippen LogP) is 2.75. The zero-order valence-electron chi connectivity index (χ0n) is 10.5. The van der Waals surface area contributed by atoms with Gasteiger partial charge in [-0.2, -0.15) is 0 Å². The van der Waals surface area contributed by atoms with Crippen LogP contribution in [0.2, 0.25) is 0 Å². The lowest BCUT2D eigenvalue weighted by Gasteiger charge is -2.21. The second-order valence-electron chi connectivity index (χ2n) is 4.30. The first-order valence-corrected chi connectivity index (χ1v) is 5.75. The Kier molecular flexibility index (Phi) is 3.46. The molecule has 0 fully saturated rings. The molecule has 0 aliphatic carbocycles. The summed E-state index contributed by atoms with van der Waals surface area (Å²) in [6.07, 6.45) is 0. The van der Waals surface area contributed by atoms with Gasteiger partial charge < -0.3 is 10.6 Å². The summed E-state index contributed by atoms with van der Waals surface area (Å²) in [7, 11) is 1.87. The summed E-state index contributed by atoms with van der Waals surface area (Å²) in [5, 5.41) is 0. The predicted molar refractivity (Wildman–Crippen MR) is 71.9 cm³/mol. The summed E-state index contributed by atoms with van der Waals surface area (Å²) in [5.41, 5.74) is 8.48. The van der Waals surface area contributed by atoms with Crippen molar-refractivity contribution in [2.75, 3.05) is 17.7 Å². The van der Waals surface area contributed by atoms with Crippen molar-refractivity contribution in [3.63, 3.8) is 0 Å². The van der Waals surface area contributed by atoms with Crippen molar-refractivity contribution in [2.45, 2.75) is 13.5 Å². The molecule has 0 radical (unpaired) electrons. The van der Waals surface area contributed by atoms with Gasteiger partial charge in [0.2, 0.25) is 0 Å². The number of benzene rings is 1. The third-order valence-electron chi connectivity index (χ3n) is 2.79. The molecular formula is C14H16FN3. The fourth-order valence-corrected chi connectivity index (χ4v) is 1.87. The van der Waals surface area contributed by atoms with Crippen LogP contribution in [0.4, 0.5) is 15.8 Å². The Morgan fingerprint density at radius 3 is 2.67 bits per heavy atom. The smallest absolute Gasteiger partial charge is 0.148 e. The maximum Gasteiger partial charge on any atom is 0.148 e. The molecule has 1 aromatic carbocycles. The summed E-state index contributed by atoms with van der Waals surface area (Å²) in [4.78, 5) is 6.30. The van der Waals surface area contributed by atoms with Gasteiger partial charge in [0.05, 0.1) is 23.6 Å². The first kappa shape index (κ1) is 12.4. The first-order valence-electron chi connectivity index (χ1n) is 5.75. The van der Waals surface area contributed by atoms with Crippen LogP contribution < -0.4 is 10.6 Å². The molecule has 0 atom stereocenters. The van der Waals surface area contributed by atoms with Gasteiger partial charge in [-0.05, 0) is 31.2 Å². The molecule has 94 valence electrons. The fourth-order valence-electron chi connectivity index (χ4n) is 1.87. The second-order valence-corrected chi connectivity index (χ2v) is 4.30. The summed E-state index contributed by atoms with van der Waals surface area (Å²) < 4.78 is 13.4. The van der Waals surface area contributed by atoms with E-state index >= 15 is 0 Å². The number of hydrogen-bond donors (Lipinski definition) is 1. The number of para-hydroxylation sites is 1. The van der Waals surface area contributed by atoms with Crippen molar-refractivity contribution in [1.29, 1.82) is 0 Å². The minimum atomic E-state index is -0.392. The number of halogens is 1. The van der Waals surface area contributed by atoms with E-state index in [4.69, 9.17) is 5.73 Å². The molecule has 3 nitrogen and oxygen atoms in total. The van der Waals surface area contributed by atoms with Crippen molar-refractivity contribution in [3.8, 4) is 0 Å². The molecule has 2 N–H and O–H groups in total. The van der Waals surface area contributed by atoms with E-state index in [0.29, 0.717) is 12.2 Å². The largest absolute Gasteiger partial charge is 0.395 e. The SMILES string of the molecule is Cc1cccc(CN(C)c2cccc(F)c2N)n1. The van der Waals surface area contributed by atoms with Gasteiger partial charge in [0.25, 0.3) is 0 Å². The Morgan fingerprint density at radius 2 is 1.94 bits per heavy atom. The van der Waals surface area contributed by atoms with E-state index in [1.54, 1.807) is 12.1 Å². The summed E-state index contributed by atoms with van der Waals surface area (Å²) in [6, 6.07) is 10.7. The normalized spacial score (nSPS) is 10.4. The van der Waals surface area contributed by atoms with Gasteiger partial charge in [-0.25, -0.2) is 4.39 Å². The molecule has 1 heterocycles. The zero-order chi connectivity index (χ0) is 13.1. The Balaban J connectivity index is 2.22. The van der Waals surface area contributed by atoms with E-state index in [0.717, 1.165) is 11.4 Å². The molecule has 2 aromatic rings. The molecule has 0 aliphatic rings. The monoisotopic (exact) mass is 245 g/mol. The maximum atomic E-state index is 13.4. The first-order chi connectivity index (χ1) is 8.58. The molecule has 0 saturated carbocycles. The molecule has 0 aliphatic heterocycles. The van der Waals surface area contributed by atoms with Crippen LogP contribution in [-0.2, 0) is 6.54 Å². The van der Waals surface area contributed by atoms with Gasteiger partial charge >= 0.3 is 0 Å². The van der Waals surface area contributed by atoms with E-state index in [-0.39, 0.29) is 5.69 Å². The number of aryl methyl sites for hydroxylation is 1. The average Bonchev–Trinajstić information content (AvgIpc) is 2.32. The molecule has 0 bridgehead atoms. The number of nitrogens with two attached hydrogens (primary N) is 1. The van der Waals surface area contributed by atoms with Gasteiger partial charge in [0.15, 0.2) is 0 Å². The van der Waals surface area contributed by atoms with Crippen LogP contribution in [0.5, 0.6) is 0 Å². The topological polar surface area (TPSA) is 42.1 Å². The molecule has 0 amide bonds. The highest BCUT2D eigenvalue weighted by Crippen LogP contribution is 2.25. The average molecular weight is 245 g/mol. The van der Waals surface area contributed by atoms with E-state index in [9.17, 15) is 4.39 Å². The van der Waals surface area contributed by atoms with E-state index < -0.39 is 5.82 Å². The summed E-state index contributed by atoms with van der Waals surface area (Å²) in [6.45, 7) is 2.54. The van der Waals surface area contributed by atoms with Crippen LogP contribution in [-0.4, -0.2) is 12.0 Å². The third kappa shape index (κ3) is 2.59. The van der Waals surface area contributed by atoms with E-state index in [1.165, 1.54) is 6.07 Å². The van der Waals surface area contributed by atoms with Gasteiger partial charge in [-0.15, -0.1) is 0 Å². The second kappa shape index (κ2) is 5.04. The molecule has 4 heteroatoms. The minimum Gasteiger partial charge on any atom is -0.395 e. The van der Waals surface area contributed by atoms with Crippen LogP contribution in [0.3, 0.4) is 0 Å². The number of anilines is 2. The van der Waals surface area contributed by atoms with Crippen molar-refractivity contribution in [2.24, 2.45) is 0 Å². The van der Waals surface area contributed by atoms with Gasteiger partial charge in [0, 0.05) is 12.7 Å². The van der Waals surface area contributed by atoms with Crippen LogP contribution in [0, 0.1) is 12.7 Å². The Bertz CT molecular complexity index is 554. The van der Waals surface area contributed by atoms with Crippen molar-refractivity contribution >= 4 is 11.4 Å². The minimum absolute atomic E-state index is 0.174. The number of aromatic nitrogens is 1. The van der Waals surface area contributed by atoms with Crippen LogP contribution in [0.1, 0.15) is 11.4 Å². The van der Waals surface area contributed by atoms with Crippen LogP contribution in [0.25, 0.3) is 0 Å². The zero-order valence-corrected chi connectivity index (χ0v) is 10.5. The standard InChI is InChI=1S/C14H16FN3/c1-10-5-3-6-11(17-10)9-18(2)13-8-4-7-12(15)14(13)16/h3-8H,9,16H2,1-2H3. The quantitative estimate of drug-likeness (QED) is 0.845. The number of pyridine rings is 1. The number of hydrogen-bond acceptors (Lipinski definition) is 3. The Morgan fingerprint density at radius 1 is 1.22 bits per heavy atom. The molecule has 0 spiro atoms. The highest BCUT2D eigenvalue weighted by Gasteiger charge is 2.09. The Hall–Kier alpha value is -2.10. The highest BCUT2D eigenvalue weighted by atomic mass is 19.1. The number of rotatable bonds is 3. The fraction of sp³-hybridized carbons (Fsp3) is 0.214. The number of nitrogens with zero attached hydrogens (tertiary/aromatic N) is 2. The van der Waals surface area contributed by atoms with Crippen LogP contribution in [0.15, 0.2) is 36.4 Å². The van der Waals surface area contributed by atoms with Crippen molar-refractivity contribution in [1.82, 2.24) is 4.98 Å². The third-order valence-corrected chi connectivity index (χ3v) is 2.79. The molecule has 1 aromatic heterocycles. The van der Waals surface area contributed by atoms with Crippen molar-refractivity contribution in [3.05, 3.63) is 53.6 Å². The molecule has 0 saturated heterocycles. The lowest BCUT2D eigenvalue weighted by Crippen LogP contribution is -2.19. The summed E-state index contributed by atoms with van der Waals surface area (Å²) >= 11 is 0. The van der Waals surface area contributed by atoms with E-state index in [2.05, 4.69) is 4.98 Å². The molecule has 0 unspecified atom stereocenters. The lowest BCUT2D eigenvalue weighted by molar-refractivity contribution is 0.632. The highest BCUT2D eigenvalue weighted by molar-refractivity contribution is 5.67. The molecular weight excluding hydrogens is 229 g/mol. The lowest BCUT2D eigenvalue weighted by atomic mass is 10.2. The van der Waals surface area contributed by atoms with Gasteiger partial charge in [-0.3, -0.25) is 4.98 Å².